The molecule has 1 nitrogen and oxygen atoms in total. The van der Waals surface area contributed by atoms with E-state index < -0.39 is 0 Å². The summed E-state index contributed by atoms with van der Waals surface area (Å²) in [5, 5.41) is 8.55. The third kappa shape index (κ3) is 4.69. The molecule has 0 aliphatic carbocycles. The van der Waals surface area contributed by atoms with Crippen molar-refractivity contribution in [2.24, 2.45) is 0 Å². The Morgan fingerprint density at radius 2 is 2.46 bits per heavy atom. The molecule has 0 radical (unpaired) electrons. The lowest BCUT2D eigenvalue weighted by Gasteiger charge is -2.08. The first-order valence-electron chi connectivity index (χ1n) is 4.57. The summed E-state index contributed by atoms with van der Waals surface area (Å²) in [6.07, 6.45) is 3.43. The van der Waals surface area contributed by atoms with Crippen LogP contribution >= 0.6 is 23.1 Å². The van der Waals surface area contributed by atoms with E-state index in [1.165, 1.54) is 12.0 Å². The Kier molecular flexibility index (Phi) is 5.51. The van der Waals surface area contributed by atoms with Crippen molar-refractivity contribution < 1.29 is 0 Å². The molecule has 1 atom stereocenters. The summed E-state index contributed by atoms with van der Waals surface area (Å²) in [4.78, 5) is 0. The number of nitrogens with one attached hydrogen (secondary N) is 1. The molecule has 0 aromatic carbocycles. The van der Waals surface area contributed by atoms with Gasteiger partial charge in [-0.3, -0.25) is 0 Å². The van der Waals surface area contributed by atoms with Gasteiger partial charge in [0.05, 0.1) is 0 Å². The van der Waals surface area contributed by atoms with Crippen molar-refractivity contribution in [3.8, 4) is 0 Å². The fourth-order valence-corrected chi connectivity index (χ4v) is 2.07. The van der Waals surface area contributed by atoms with Gasteiger partial charge in [-0.2, -0.15) is 23.1 Å². The normalized spacial score (nSPS) is 13.1. The maximum absolute atomic E-state index is 3.45. The minimum atomic E-state index is 0.773. The molecule has 3 heteroatoms. The molecule has 0 saturated carbocycles. The number of hydrogen-bond donors (Lipinski definition) is 1. The maximum atomic E-state index is 3.45. The number of thiophene rings is 1. The predicted octanol–water partition coefficient (Wildman–Crippen LogP) is 2.98. The fraction of sp³-hybridized carbons (Fsp3) is 0.600. The predicted molar refractivity (Wildman–Crippen MR) is 63.6 cm³/mol. The zero-order chi connectivity index (χ0) is 9.52. The Balaban J connectivity index is 2.02. The molecule has 13 heavy (non-hydrogen) atoms. The van der Waals surface area contributed by atoms with E-state index in [2.05, 4.69) is 35.3 Å². The van der Waals surface area contributed by atoms with Crippen molar-refractivity contribution in [1.29, 1.82) is 0 Å². The quantitative estimate of drug-likeness (QED) is 0.732. The molecular formula is C10H17NS2. The van der Waals surface area contributed by atoms with Gasteiger partial charge in [-0.1, -0.05) is 6.92 Å². The molecule has 0 bridgehead atoms. The lowest BCUT2D eigenvalue weighted by Crippen LogP contribution is -2.17. The van der Waals surface area contributed by atoms with Gasteiger partial charge in [0.25, 0.3) is 0 Å². The molecule has 1 unspecified atom stereocenters. The largest absolute Gasteiger partial charge is 0.313 e. The average molecular weight is 215 g/mol. The van der Waals surface area contributed by atoms with Crippen LogP contribution in [0, 0.1) is 0 Å². The Hall–Kier alpha value is 0.01000. The van der Waals surface area contributed by atoms with Gasteiger partial charge in [-0.25, -0.2) is 0 Å². The van der Waals surface area contributed by atoms with Crippen LogP contribution in [0.5, 0.6) is 0 Å². The van der Waals surface area contributed by atoms with Crippen LogP contribution in [-0.2, 0) is 6.54 Å². The van der Waals surface area contributed by atoms with Gasteiger partial charge in [-0.15, -0.1) is 0 Å². The molecular weight excluding hydrogens is 198 g/mol. The maximum Gasteiger partial charge on any atom is 0.0213 e. The molecule has 74 valence electrons. The first-order chi connectivity index (χ1) is 6.33. The van der Waals surface area contributed by atoms with Crippen LogP contribution in [0.2, 0.25) is 0 Å². The summed E-state index contributed by atoms with van der Waals surface area (Å²) >= 11 is 3.70. The fourth-order valence-electron chi connectivity index (χ4n) is 1.05. The molecule has 1 heterocycles. The van der Waals surface area contributed by atoms with Crippen molar-refractivity contribution in [2.45, 2.75) is 25.1 Å². The second-order valence-corrected chi connectivity index (χ2v) is 5.20. The Morgan fingerprint density at radius 1 is 1.62 bits per heavy atom. The minimum Gasteiger partial charge on any atom is -0.313 e. The Bertz CT molecular complexity index is 209. The van der Waals surface area contributed by atoms with Crippen LogP contribution in [0.1, 0.15) is 18.9 Å². The van der Waals surface area contributed by atoms with Crippen LogP contribution in [0.4, 0.5) is 0 Å². The third-order valence-corrected chi connectivity index (χ3v) is 3.81. The van der Waals surface area contributed by atoms with Crippen molar-refractivity contribution in [3.05, 3.63) is 22.4 Å². The van der Waals surface area contributed by atoms with E-state index in [4.69, 9.17) is 0 Å². The zero-order valence-corrected chi connectivity index (χ0v) is 9.88. The van der Waals surface area contributed by atoms with Crippen LogP contribution in [0.25, 0.3) is 0 Å². The van der Waals surface area contributed by atoms with E-state index >= 15 is 0 Å². The van der Waals surface area contributed by atoms with Crippen molar-refractivity contribution >= 4 is 23.1 Å². The highest BCUT2D eigenvalue weighted by atomic mass is 32.2. The first kappa shape index (κ1) is 11.1. The van der Waals surface area contributed by atoms with Gasteiger partial charge in [0.15, 0.2) is 0 Å². The molecule has 0 aliphatic heterocycles. The van der Waals surface area contributed by atoms with Gasteiger partial charge in [0, 0.05) is 11.8 Å². The molecule has 0 fully saturated rings. The highest BCUT2D eigenvalue weighted by molar-refractivity contribution is 7.99. The van der Waals surface area contributed by atoms with Gasteiger partial charge < -0.3 is 5.32 Å². The summed E-state index contributed by atoms with van der Waals surface area (Å²) in [5.74, 6) is 0. The van der Waals surface area contributed by atoms with Gasteiger partial charge in [0.2, 0.25) is 0 Å². The molecule has 1 aromatic rings. The second-order valence-electron chi connectivity index (χ2n) is 3.14. The van der Waals surface area contributed by atoms with Crippen molar-refractivity contribution in [1.82, 2.24) is 5.32 Å². The average Bonchev–Trinajstić information content (AvgIpc) is 2.64. The van der Waals surface area contributed by atoms with Gasteiger partial charge in [-0.05, 0) is 41.6 Å². The summed E-state index contributed by atoms with van der Waals surface area (Å²) in [6, 6.07) is 2.18. The summed E-state index contributed by atoms with van der Waals surface area (Å²) < 4.78 is 0. The topological polar surface area (TPSA) is 12.0 Å². The number of thioether (sulfide) groups is 1. The minimum absolute atomic E-state index is 0.773. The monoisotopic (exact) mass is 215 g/mol. The Morgan fingerprint density at radius 3 is 3.08 bits per heavy atom. The van der Waals surface area contributed by atoms with E-state index in [-0.39, 0.29) is 0 Å². The molecule has 0 aliphatic rings. The standard InChI is InChI=1S/C10H17NS2/c1-9(12-2)3-5-11-7-10-4-6-13-8-10/h4,6,8-9,11H,3,5,7H2,1-2H3. The van der Waals surface area contributed by atoms with Gasteiger partial charge in [0.1, 0.15) is 0 Å². The number of hydrogen-bond acceptors (Lipinski definition) is 3. The van der Waals surface area contributed by atoms with E-state index in [9.17, 15) is 0 Å². The second kappa shape index (κ2) is 6.46. The highest BCUT2D eigenvalue weighted by Gasteiger charge is 1.98. The lowest BCUT2D eigenvalue weighted by molar-refractivity contribution is 0.649. The molecule has 1 rings (SSSR count). The molecule has 1 N–H and O–H groups in total. The summed E-state index contributed by atoms with van der Waals surface area (Å²) in [5.41, 5.74) is 1.40. The van der Waals surface area contributed by atoms with Crippen LogP contribution in [-0.4, -0.2) is 18.1 Å². The third-order valence-electron chi connectivity index (χ3n) is 2.04. The summed E-state index contributed by atoms with van der Waals surface area (Å²) in [7, 11) is 0. The van der Waals surface area contributed by atoms with Gasteiger partial charge >= 0.3 is 0 Å². The van der Waals surface area contributed by atoms with E-state index in [1.54, 1.807) is 11.3 Å². The lowest BCUT2D eigenvalue weighted by atomic mass is 10.3. The molecule has 0 spiro atoms. The van der Waals surface area contributed by atoms with Crippen molar-refractivity contribution in [2.75, 3.05) is 12.8 Å². The molecule has 0 amide bonds. The molecule has 0 saturated heterocycles. The van der Waals surface area contributed by atoms with Crippen LogP contribution in [0.3, 0.4) is 0 Å². The van der Waals surface area contributed by atoms with Crippen molar-refractivity contribution in [3.63, 3.8) is 0 Å². The SMILES string of the molecule is CSC(C)CCNCc1ccsc1. The smallest absolute Gasteiger partial charge is 0.0213 e. The van der Waals surface area contributed by atoms with E-state index in [0.29, 0.717) is 0 Å². The first-order valence-corrected chi connectivity index (χ1v) is 6.80. The highest BCUT2D eigenvalue weighted by Crippen LogP contribution is 2.09. The zero-order valence-electron chi connectivity index (χ0n) is 8.25. The number of rotatable bonds is 6. The van der Waals surface area contributed by atoms with E-state index in [1.807, 2.05) is 11.8 Å². The van der Waals surface area contributed by atoms with E-state index in [0.717, 1.165) is 18.3 Å². The molecule has 1 aromatic heterocycles. The van der Waals surface area contributed by atoms with Crippen LogP contribution < -0.4 is 5.32 Å². The van der Waals surface area contributed by atoms with Crippen LogP contribution in [0.15, 0.2) is 16.8 Å². The Labute approximate surface area is 88.9 Å². The summed E-state index contributed by atoms with van der Waals surface area (Å²) in [6.45, 7) is 4.42.